The summed E-state index contributed by atoms with van der Waals surface area (Å²) in [6.07, 6.45) is 0. The van der Waals surface area contributed by atoms with Gasteiger partial charge in [-0.15, -0.1) is 0 Å². The third-order valence-electron chi connectivity index (χ3n) is 2.74. The Morgan fingerprint density at radius 3 is 2.39 bits per heavy atom. The maximum atomic E-state index is 12.3. The Morgan fingerprint density at radius 1 is 1.28 bits per heavy atom. The summed E-state index contributed by atoms with van der Waals surface area (Å²) < 4.78 is 25.6. The SMILES string of the molecule is CC(C)(C)N1C(=O)c2cc(CBr)ccc2S1(=O)=O. The van der Waals surface area contributed by atoms with Gasteiger partial charge in [0.1, 0.15) is 4.90 Å². The molecule has 0 saturated carbocycles. The first kappa shape index (κ1) is 13.5. The van der Waals surface area contributed by atoms with Gasteiger partial charge in [-0.25, -0.2) is 12.7 Å². The number of nitrogens with zero attached hydrogens (tertiary/aromatic N) is 1. The Hall–Kier alpha value is -0.880. The molecule has 1 amide bonds. The van der Waals surface area contributed by atoms with Crippen LogP contribution in [0.5, 0.6) is 0 Å². The molecule has 0 atom stereocenters. The van der Waals surface area contributed by atoms with E-state index in [1.807, 2.05) is 0 Å². The van der Waals surface area contributed by atoms with Gasteiger partial charge in [0.05, 0.1) is 11.1 Å². The van der Waals surface area contributed by atoms with Gasteiger partial charge in [-0.05, 0) is 38.5 Å². The lowest BCUT2D eigenvalue weighted by molar-refractivity contribution is 0.0787. The van der Waals surface area contributed by atoms with Gasteiger partial charge in [-0.1, -0.05) is 22.0 Å². The van der Waals surface area contributed by atoms with Crippen molar-refractivity contribution in [3.8, 4) is 0 Å². The van der Waals surface area contributed by atoms with Crippen molar-refractivity contribution in [1.82, 2.24) is 4.31 Å². The summed E-state index contributed by atoms with van der Waals surface area (Å²) in [6, 6.07) is 4.85. The average molecular weight is 332 g/mol. The van der Waals surface area contributed by atoms with Gasteiger partial charge >= 0.3 is 0 Å². The summed E-state index contributed by atoms with van der Waals surface area (Å²) in [7, 11) is -3.71. The second-order valence-electron chi connectivity index (χ2n) is 5.21. The zero-order chi connectivity index (χ0) is 13.7. The van der Waals surface area contributed by atoms with Gasteiger partial charge in [-0.3, -0.25) is 4.79 Å². The van der Waals surface area contributed by atoms with E-state index in [0.29, 0.717) is 5.33 Å². The second-order valence-corrected chi connectivity index (χ2v) is 7.53. The molecule has 1 aliphatic heterocycles. The van der Waals surface area contributed by atoms with E-state index in [0.717, 1.165) is 9.87 Å². The summed E-state index contributed by atoms with van der Waals surface area (Å²) in [5, 5.41) is 0.586. The predicted molar refractivity (Wildman–Crippen MR) is 72.2 cm³/mol. The van der Waals surface area contributed by atoms with Gasteiger partial charge in [0.25, 0.3) is 15.9 Å². The van der Waals surface area contributed by atoms with E-state index in [1.54, 1.807) is 32.9 Å². The summed E-state index contributed by atoms with van der Waals surface area (Å²) in [5.74, 6) is -0.444. The number of halogens is 1. The molecule has 6 heteroatoms. The second kappa shape index (κ2) is 4.06. The van der Waals surface area contributed by atoms with Crippen molar-refractivity contribution in [2.24, 2.45) is 0 Å². The molecule has 1 aliphatic rings. The Balaban J connectivity index is 2.69. The molecule has 0 N–H and O–H groups in total. The van der Waals surface area contributed by atoms with Gasteiger partial charge in [0.15, 0.2) is 0 Å². The first-order chi connectivity index (χ1) is 8.19. The van der Waals surface area contributed by atoms with Crippen LogP contribution in [0, 0.1) is 0 Å². The van der Waals surface area contributed by atoms with Crippen LogP contribution in [0.2, 0.25) is 0 Å². The van der Waals surface area contributed by atoms with Crippen LogP contribution in [0.15, 0.2) is 23.1 Å². The van der Waals surface area contributed by atoms with Crippen molar-refractivity contribution < 1.29 is 13.2 Å². The topological polar surface area (TPSA) is 54.5 Å². The van der Waals surface area contributed by atoms with Crippen molar-refractivity contribution in [3.05, 3.63) is 29.3 Å². The smallest absolute Gasteiger partial charge is 0.268 e. The first-order valence-electron chi connectivity index (χ1n) is 5.48. The summed E-state index contributed by atoms with van der Waals surface area (Å²) in [6.45, 7) is 5.12. The minimum atomic E-state index is -3.71. The first-order valence-corrected chi connectivity index (χ1v) is 8.04. The lowest BCUT2D eigenvalue weighted by Gasteiger charge is -2.29. The number of sulfonamides is 1. The molecule has 1 aromatic carbocycles. The van der Waals surface area contributed by atoms with E-state index >= 15 is 0 Å². The van der Waals surface area contributed by atoms with E-state index < -0.39 is 21.5 Å². The molecule has 98 valence electrons. The lowest BCUT2D eigenvalue weighted by atomic mass is 10.1. The third kappa shape index (κ3) is 1.87. The van der Waals surface area contributed by atoms with Crippen LogP contribution in [0.3, 0.4) is 0 Å². The fourth-order valence-corrected chi connectivity index (χ4v) is 4.28. The fourth-order valence-electron chi connectivity index (χ4n) is 2.03. The summed E-state index contributed by atoms with van der Waals surface area (Å²) >= 11 is 3.29. The number of benzene rings is 1. The Kier molecular flexibility index (Phi) is 3.06. The molecule has 2 rings (SSSR count). The Morgan fingerprint density at radius 2 is 1.89 bits per heavy atom. The van der Waals surface area contributed by atoms with Crippen LogP contribution < -0.4 is 0 Å². The normalized spacial score (nSPS) is 18.0. The molecule has 0 radical (unpaired) electrons. The van der Waals surface area contributed by atoms with Crippen LogP contribution in [0.25, 0.3) is 0 Å². The molecule has 0 fully saturated rings. The van der Waals surface area contributed by atoms with Crippen molar-refractivity contribution in [2.75, 3.05) is 0 Å². The molecule has 0 aliphatic carbocycles. The van der Waals surface area contributed by atoms with Crippen LogP contribution in [0.4, 0.5) is 0 Å². The highest BCUT2D eigenvalue weighted by atomic mass is 79.9. The van der Waals surface area contributed by atoms with Crippen LogP contribution in [-0.2, 0) is 15.4 Å². The molecule has 0 spiro atoms. The van der Waals surface area contributed by atoms with E-state index in [2.05, 4.69) is 15.9 Å². The van der Waals surface area contributed by atoms with Gasteiger partial charge < -0.3 is 0 Å². The monoisotopic (exact) mass is 331 g/mol. The zero-order valence-electron chi connectivity index (χ0n) is 10.4. The largest absolute Gasteiger partial charge is 0.269 e. The molecule has 0 bridgehead atoms. The number of rotatable bonds is 1. The van der Waals surface area contributed by atoms with E-state index in [9.17, 15) is 13.2 Å². The maximum Gasteiger partial charge on any atom is 0.269 e. The number of fused-ring (bicyclic) bond motifs is 1. The number of hydrogen-bond acceptors (Lipinski definition) is 3. The number of carbonyl (C=O) groups excluding carboxylic acids is 1. The molecule has 4 nitrogen and oxygen atoms in total. The summed E-state index contributed by atoms with van der Waals surface area (Å²) in [4.78, 5) is 12.4. The van der Waals surface area contributed by atoms with Crippen molar-refractivity contribution >= 4 is 31.9 Å². The van der Waals surface area contributed by atoms with E-state index in [4.69, 9.17) is 0 Å². The van der Waals surface area contributed by atoms with Gasteiger partial charge in [0, 0.05) is 5.33 Å². The van der Waals surface area contributed by atoms with Crippen molar-refractivity contribution in [1.29, 1.82) is 0 Å². The minimum Gasteiger partial charge on any atom is -0.268 e. The van der Waals surface area contributed by atoms with Gasteiger partial charge in [-0.2, -0.15) is 0 Å². The molecular weight excluding hydrogens is 318 g/mol. The van der Waals surface area contributed by atoms with Crippen LogP contribution in [0.1, 0.15) is 36.7 Å². The number of alkyl halides is 1. The van der Waals surface area contributed by atoms with E-state index in [-0.39, 0.29) is 10.5 Å². The molecular formula is C12H14BrNO3S. The Labute approximate surface area is 115 Å². The highest BCUT2D eigenvalue weighted by Gasteiger charge is 2.46. The van der Waals surface area contributed by atoms with Crippen molar-refractivity contribution in [2.45, 2.75) is 36.5 Å². The van der Waals surface area contributed by atoms with Crippen LogP contribution >= 0.6 is 15.9 Å². The van der Waals surface area contributed by atoms with Crippen LogP contribution in [-0.4, -0.2) is 24.2 Å². The fraction of sp³-hybridized carbons (Fsp3) is 0.417. The zero-order valence-corrected chi connectivity index (χ0v) is 12.8. The molecule has 1 heterocycles. The highest BCUT2D eigenvalue weighted by molar-refractivity contribution is 9.08. The Bertz CT molecular complexity index is 617. The number of carbonyl (C=O) groups is 1. The number of hydrogen-bond donors (Lipinski definition) is 0. The van der Waals surface area contributed by atoms with E-state index in [1.165, 1.54) is 6.07 Å². The van der Waals surface area contributed by atoms with Gasteiger partial charge in [0.2, 0.25) is 0 Å². The maximum absolute atomic E-state index is 12.3. The highest BCUT2D eigenvalue weighted by Crippen LogP contribution is 2.36. The quantitative estimate of drug-likeness (QED) is 0.743. The lowest BCUT2D eigenvalue weighted by Crippen LogP contribution is -2.45. The molecule has 1 aromatic rings. The average Bonchev–Trinajstić information content (AvgIpc) is 2.45. The predicted octanol–water partition coefficient (Wildman–Crippen LogP) is 2.52. The standard InChI is InChI=1S/C12H14BrNO3S/c1-12(2,3)14-11(15)9-6-8(7-13)4-5-10(9)18(14,16)17/h4-6H,7H2,1-3H3. The van der Waals surface area contributed by atoms with Crippen molar-refractivity contribution in [3.63, 3.8) is 0 Å². The number of amides is 1. The molecule has 18 heavy (non-hydrogen) atoms. The molecule has 0 unspecified atom stereocenters. The molecule has 0 saturated heterocycles. The molecule has 0 aromatic heterocycles. The minimum absolute atomic E-state index is 0.104. The third-order valence-corrected chi connectivity index (χ3v) is 5.49. The summed E-state index contributed by atoms with van der Waals surface area (Å²) in [5.41, 5.74) is 0.388.